The quantitative estimate of drug-likeness (QED) is 0.161. The fraction of sp³-hybridized carbons (Fsp3) is 0.100. The van der Waals surface area contributed by atoms with Gasteiger partial charge in [0.1, 0.15) is 18.1 Å². The van der Waals surface area contributed by atoms with Crippen molar-refractivity contribution in [2.75, 3.05) is 13.2 Å². The van der Waals surface area contributed by atoms with Crippen LogP contribution in [-0.4, -0.2) is 35.2 Å². The molecular formula is C30H23NO5S. The molecule has 7 heteroatoms. The first-order valence-corrected chi connectivity index (χ1v) is 12.5. The molecule has 4 aromatic carbocycles. The number of fused-ring (bicyclic) bond motifs is 1. The number of rotatable bonds is 7. The summed E-state index contributed by atoms with van der Waals surface area (Å²) in [6.07, 6.45) is 1.65. The van der Waals surface area contributed by atoms with E-state index in [-0.39, 0.29) is 24.3 Å². The first kappa shape index (κ1) is 24.3. The van der Waals surface area contributed by atoms with Gasteiger partial charge in [0, 0.05) is 0 Å². The highest BCUT2D eigenvalue weighted by atomic mass is 32.2. The lowest BCUT2D eigenvalue weighted by molar-refractivity contribution is -0.123. The molecule has 37 heavy (non-hydrogen) atoms. The minimum atomic E-state index is -0.446. The Morgan fingerprint density at radius 1 is 0.865 bits per heavy atom. The molecule has 0 bridgehead atoms. The summed E-state index contributed by atoms with van der Waals surface area (Å²) in [6, 6.07) is 27.5. The van der Waals surface area contributed by atoms with Crippen molar-refractivity contribution in [1.82, 2.24) is 4.90 Å². The van der Waals surface area contributed by atoms with Gasteiger partial charge in [0.2, 0.25) is 0 Å². The minimum Gasteiger partial charge on any atom is -0.492 e. The van der Waals surface area contributed by atoms with Crippen molar-refractivity contribution in [3.8, 4) is 11.5 Å². The molecule has 0 radical (unpaired) electrons. The Morgan fingerprint density at radius 3 is 2.35 bits per heavy atom. The van der Waals surface area contributed by atoms with E-state index in [0.29, 0.717) is 27.5 Å². The molecule has 0 aromatic heterocycles. The van der Waals surface area contributed by atoms with E-state index in [2.05, 4.69) is 0 Å². The number of carbonyl (C=O) groups is 3. The van der Waals surface area contributed by atoms with Crippen LogP contribution in [0.5, 0.6) is 11.5 Å². The summed E-state index contributed by atoms with van der Waals surface area (Å²) in [5.41, 5.74) is 2.33. The predicted octanol–water partition coefficient (Wildman–Crippen LogP) is 6.48. The molecule has 1 saturated heterocycles. The first-order valence-electron chi connectivity index (χ1n) is 11.7. The second kappa shape index (κ2) is 10.7. The van der Waals surface area contributed by atoms with Crippen LogP contribution in [0.1, 0.15) is 21.5 Å². The molecule has 1 aliphatic rings. The summed E-state index contributed by atoms with van der Waals surface area (Å²) < 4.78 is 11.2. The molecule has 0 unspecified atom stereocenters. The van der Waals surface area contributed by atoms with E-state index in [1.807, 2.05) is 67.6 Å². The number of aryl methyl sites for hydroxylation is 1. The molecule has 2 amide bonds. The van der Waals surface area contributed by atoms with E-state index in [1.165, 1.54) is 4.90 Å². The van der Waals surface area contributed by atoms with Crippen LogP contribution in [0.25, 0.3) is 16.8 Å². The van der Waals surface area contributed by atoms with Crippen molar-refractivity contribution < 1.29 is 23.9 Å². The summed E-state index contributed by atoms with van der Waals surface area (Å²) in [4.78, 5) is 39.4. The SMILES string of the molecule is Cc1ccc(OCCN2C(=O)S/C(=C\c3ccc(OC(=O)c4cccc5ccccc45)cc3)C2=O)cc1. The fourth-order valence-corrected chi connectivity index (χ4v) is 4.80. The van der Waals surface area contributed by atoms with Gasteiger partial charge in [0.05, 0.1) is 17.0 Å². The zero-order valence-corrected chi connectivity index (χ0v) is 20.9. The lowest BCUT2D eigenvalue weighted by atomic mass is 10.0. The molecule has 0 saturated carbocycles. The van der Waals surface area contributed by atoms with Crippen molar-refractivity contribution in [3.05, 3.63) is 113 Å². The molecule has 1 aliphatic heterocycles. The summed E-state index contributed by atoms with van der Waals surface area (Å²) in [5, 5.41) is 1.46. The first-order chi connectivity index (χ1) is 18.0. The number of benzene rings is 4. The van der Waals surface area contributed by atoms with E-state index in [4.69, 9.17) is 9.47 Å². The third-order valence-corrected chi connectivity index (χ3v) is 6.78. The molecule has 5 rings (SSSR count). The third-order valence-electron chi connectivity index (χ3n) is 5.88. The number of nitrogens with zero attached hydrogens (tertiary/aromatic N) is 1. The molecule has 184 valence electrons. The van der Waals surface area contributed by atoms with Crippen LogP contribution in [0.2, 0.25) is 0 Å². The van der Waals surface area contributed by atoms with Crippen LogP contribution < -0.4 is 9.47 Å². The van der Waals surface area contributed by atoms with Crippen molar-refractivity contribution in [2.45, 2.75) is 6.92 Å². The molecule has 0 atom stereocenters. The number of hydrogen-bond donors (Lipinski definition) is 0. The largest absolute Gasteiger partial charge is 0.492 e. The van der Waals surface area contributed by atoms with E-state index in [9.17, 15) is 14.4 Å². The Balaban J connectivity index is 1.21. The molecule has 6 nitrogen and oxygen atoms in total. The zero-order valence-electron chi connectivity index (χ0n) is 20.0. The van der Waals surface area contributed by atoms with Crippen LogP contribution in [0.3, 0.4) is 0 Å². The average Bonchev–Trinajstić information content (AvgIpc) is 3.17. The maximum atomic E-state index is 12.8. The maximum absolute atomic E-state index is 12.8. The van der Waals surface area contributed by atoms with Crippen LogP contribution in [-0.2, 0) is 4.79 Å². The maximum Gasteiger partial charge on any atom is 0.344 e. The van der Waals surface area contributed by atoms with Gasteiger partial charge >= 0.3 is 5.97 Å². The second-order valence-corrected chi connectivity index (χ2v) is 9.47. The molecule has 1 fully saturated rings. The number of amides is 2. The monoisotopic (exact) mass is 509 g/mol. The van der Waals surface area contributed by atoms with Gasteiger partial charge < -0.3 is 9.47 Å². The summed E-state index contributed by atoms with van der Waals surface area (Å²) in [5.74, 6) is 0.276. The normalized spacial score (nSPS) is 14.4. The smallest absolute Gasteiger partial charge is 0.344 e. The number of carbonyl (C=O) groups excluding carboxylic acids is 3. The number of hydrogen-bond acceptors (Lipinski definition) is 6. The minimum absolute atomic E-state index is 0.166. The van der Waals surface area contributed by atoms with E-state index < -0.39 is 5.97 Å². The van der Waals surface area contributed by atoms with Crippen LogP contribution in [0, 0.1) is 6.92 Å². The summed E-state index contributed by atoms with van der Waals surface area (Å²) in [6.45, 7) is 2.37. The van der Waals surface area contributed by atoms with Gasteiger partial charge in [-0.05, 0) is 71.4 Å². The molecule has 0 spiro atoms. The lowest BCUT2D eigenvalue weighted by Crippen LogP contribution is -2.32. The summed E-state index contributed by atoms with van der Waals surface area (Å²) >= 11 is 0.896. The Bertz CT molecular complexity index is 1500. The topological polar surface area (TPSA) is 72.9 Å². The lowest BCUT2D eigenvalue weighted by Gasteiger charge is -2.13. The summed E-state index contributed by atoms with van der Waals surface area (Å²) in [7, 11) is 0. The van der Waals surface area contributed by atoms with Gasteiger partial charge in [-0.15, -0.1) is 0 Å². The van der Waals surface area contributed by atoms with E-state index in [1.54, 1.807) is 36.4 Å². The van der Waals surface area contributed by atoms with E-state index >= 15 is 0 Å². The molecular weight excluding hydrogens is 486 g/mol. The highest BCUT2D eigenvalue weighted by Crippen LogP contribution is 2.32. The Kier molecular flexibility index (Phi) is 7.05. The number of esters is 1. The van der Waals surface area contributed by atoms with Gasteiger partial charge in [0.15, 0.2) is 0 Å². The predicted molar refractivity (Wildman–Crippen MR) is 145 cm³/mol. The highest BCUT2D eigenvalue weighted by molar-refractivity contribution is 8.18. The number of ether oxygens (including phenoxy) is 2. The molecule has 0 aliphatic carbocycles. The number of thioether (sulfide) groups is 1. The second-order valence-electron chi connectivity index (χ2n) is 8.48. The average molecular weight is 510 g/mol. The van der Waals surface area contributed by atoms with Crippen LogP contribution in [0.15, 0.2) is 95.9 Å². The van der Waals surface area contributed by atoms with Crippen LogP contribution >= 0.6 is 11.8 Å². The highest BCUT2D eigenvalue weighted by Gasteiger charge is 2.34. The fourth-order valence-electron chi connectivity index (χ4n) is 3.93. The third kappa shape index (κ3) is 5.57. The standard InChI is InChI=1S/C30H23NO5S/c1-20-9-13-23(14-10-20)35-18-17-31-28(32)27(37-30(31)34)19-21-11-15-24(16-12-21)36-29(33)26-8-4-6-22-5-2-3-7-25(22)26/h2-16,19H,17-18H2,1H3/b27-19-. The van der Waals surface area contributed by atoms with Gasteiger partial charge in [-0.1, -0.05) is 66.2 Å². The zero-order chi connectivity index (χ0) is 25.8. The van der Waals surface area contributed by atoms with Gasteiger partial charge in [0.25, 0.3) is 11.1 Å². The van der Waals surface area contributed by atoms with Gasteiger partial charge in [-0.25, -0.2) is 4.79 Å². The Morgan fingerprint density at radius 2 is 1.57 bits per heavy atom. The Hall–Kier alpha value is -4.36. The Labute approximate surface area is 218 Å². The van der Waals surface area contributed by atoms with E-state index in [0.717, 1.165) is 28.1 Å². The van der Waals surface area contributed by atoms with Gasteiger partial charge in [-0.3, -0.25) is 14.5 Å². The number of imide groups is 1. The molecule has 4 aromatic rings. The van der Waals surface area contributed by atoms with Crippen molar-refractivity contribution in [1.29, 1.82) is 0 Å². The van der Waals surface area contributed by atoms with Crippen molar-refractivity contribution in [3.63, 3.8) is 0 Å². The van der Waals surface area contributed by atoms with Gasteiger partial charge in [-0.2, -0.15) is 0 Å². The van der Waals surface area contributed by atoms with Crippen molar-refractivity contribution in [2.24, 2.45) is 0 Å². The molecule has 0 N–H and O–H groups in total. The molecule has 1 heterocycles. The van der Waals surface area contributed by atoms with Crippen LogP contribution in [0.4, 0.5) is 4.79 Å². The van der Waals surface area contributed by atoms with Crippen molar-refractivity contribution >= 4 is 45.7 Å².